The summed E-state index contributed by atoms with van der Waals surface area (Å²) in [6, 6.07) is 12.9. The van der Waals surface area contributed by atoms with E-state index < -0.39 is 0 Å². The number of amides is 1. The first-order valence-corrected chi connectivity index (χ1v) is 11.4. The number of halogens is 3. The van der Waals surface area contributed by atoms with E-state index in [9.17, 15) is 4.79 Å². The molecule has 1 aromatic heterocycles. The molecule has 1 heterocycles. The molecule has 0 aliphatic heterocycles. The second-order valence-electron chi connectivity index (χ2n) is 7.68. The molecule has 162 valence electrons. The average Bonchev–Trinajstić information content (AvgIpc) is 3.20. The highest BCUT2D eigenvalue weighted by atomic mass is 35.5. The Labute approximate surface area is 196 Å². The molecule has 2 N–H and O–H groups in total. The summed E-state index contributed by atoms with van der Waals surface area (Å²) in [5.41, 5.74) is 1.84. The molecule has 8 heteroatoms. The van der Waals surface area contributed by atoms with E-state index in [0.29, 0.717) is 32.1 Å². The van der Waals surface area contributed by atoms with Gasteiger partial charge in [-0.05, 0) is 62.4 Å². The zero-order valence-electron chi connectivity index (χ0n) is 17.0. The van der Waals surface area contributed by atoms with E-state index in [2.05, 4.69) is 15.6 Å². The molecule has 1 aliphatic carbocycles. The van der Waals surface area contributed by atoms with Crippen molar-refractivity contribution in [2.45, 2.75) is 37.8 Å². The lowest BCUT2D eigenvalue weighted by molar-refractivity contribution is 0.0912. The van der Waals surface area contributed by atoms with Gasteiger partial charge in [0.25, 0.3) is 5.91 Å². The van der Waals surface area contributed by atoms with Crippen molar-refractivity contribution < 1.29 is 4.79 Å². The molecular weight excluding hydrogens is 455 g/mol. The fourth-order valence-corrected chi connectivity index (χ4v) is 4.66. The van der Waals surface area contributed by atoms with Gasteiger partial charge in [0.15, 0.2) is 0 Å². The molecule has 1 amide bonds. The topological polar surface area (TPSA) is 58.9 Å². The van der Waals surface area contributed by atoms with Crippen LogP contribution in [0.15, 0.2) is 48.7 Å². The van der Waals surface area contributed by atoms with Crippen molar-refractivity contribution in [1.29, 1.82) is 0 Å². The first kappa shape index (κ1) is 22.2. The molecule has 0 radical (unpaired) electrons. The highest BCUT2D eigenvalue weighted by Crippen LogP contribution is 2.32. The summed E-state index contributed by atoms with van der Waals surface area (Å²) in [6.07, 6.45) is 6.00. The van der Waals surface area contributed by atoms with Crippen LogP contribution in [0.1, 0.15) is 36.2 Å². The number of benzene rings is 2. The van der Waals surface area contributed by atoms with E-state index in [1.165, 1.54) is 6.42 Å². The van der Waals surface area contributed by atoms with Gasteiger partial charge in [-0.25, -0.2) is 4.98 Å². The van der Waals surface area contributed by atoms with Crippen molar-refractivity contribution in [1.82, 2.24) is 20.2 Å². The maximum Gasteiger partial charge on any atom is 0.271 e. The van der Waals surface area contributed by atoms with Gasteiger partial charge in [-0.3, -0.25) is 9.36 Å². The molecule has 0 saturated heterocycles. The van der Waals surface area contributed by atoms with Crippen LogP contribution in [0.4, 0.5) is 0 Å². The molecule has 5 nitrogen and oxygen atoms in total. The molecule has 0 bridgehead atoms. The molecular formula is C23H23Cl3N4O. The zero-order valence-corrected chi connectivity index (χ0v) is 19.3. The minimum absolute atomic E-state index is 0.0782. The van der Waals surface area contributed by atoms with Crippen molar-refractivity contribution >= 4 is 40.7 Å². The Morgan fingerprint density at radius 3 is 2.35 bits per heavy atom. The molecule has 0 unspecified atom stereocenters. The van der Waals surface area contributed by atoms with Gasteiger partial charge in [-0.2, -0.15) is 0 Å². The predicted molar refractivity (Wildman–Crippen MR) is 127 cm³/mol. The quantitative estimate of drug-likeness (QED) is 0.491. The van der Waals surface area contributed by atoms with Gasteiger partial charge in [0.2, 0.25) is 0 Å². The lowest BCUT2D eigenvalue weighted by Gasteiger charge is -2.31. The Bertz CT molecular complexity index is 1080. The normalized spacial score (nSPS) is 18.7. The number of hydrogen-bond acceptors (Lipinski definition) is 3. The molecule has 0 spiro atoms. The van der Waals surface area contributed by atoms with Crippen LogP contribution in [-0.2, 0) is 0 Å². The second-order valence-corrected chi connectivity index (χ2v) is 8.96. The van der Waals surface area contributed by atoms with E-state index in [1.807, 2.05) is 23.7 Å². The van der Waals surface area contributed by atoms with E-state index >= 15 is 0 Å². The summed E-state index contributed by atoms with van der Waals surface area (Å²) in [7, 11) is 1.94. The highest BCUT2D eigenvalue weighted by Gasteiger charge is 2.27. The second kappa shape index (κ2) is 9.61. The van der Waals surface area contributed by atoms with Crippen molar-refractivity contribution in [3.8, 4) is 17.1 Å². The van der Waals surface area contributed by atoms with E-state index in [4.69, 9.17) is 34.8 Å². The maximum absolute atomic E-state index is 13.1. The standard InChI is InChI=1S/C23H23Cl3N4O/c1-27-19-4-2-3-5-20(19)29-23(31)21-13-30(16-9-6-14(24)7-10-16)22(28-21)17-11-8-15(25)12-18(17)26/h6-13,19-20,27H,2-5H2,1H3,(H,29,31)/t19-,20-/m0/s1. The number of imidazole rings is 1. The number of rotatable bonds is 5. The van der Waals surface area contributed by atoms with Crippen LogP contribution in [0.25, 0.3) is 17.1 Å². The summed E-state index contributed by atoms with van der Waals surface area (Å²) in [6.45, 7) is 0. The monoisotopic (exact) mass is 476 g/mol. The lowest BCUT2D eigenvalue weighted by Crippen LogP contribution is -2.50. The van der Waals surface area contributed by atoms with Crippen LogP contribution >= 0.6 is 34.8 Å². The third-order valence-electron chi connectivity index (χ3n) is 5.67. The minimum atomic E-state index is -0.203. The molecule has 3 aromatic rings. The number of carbonyl (C=O) groups is 1. The molecule has 1 aliphatic rings. The van der Waals surface area contributed by atoms with Crippen LogP contribution in [0.2, 0.25) is 15.1 Å². The molecule has 2 atom stereocenters. The van der Waals surface area contributed by atoms with Gasteiger partial charge in [-0.15, -0.1) is 0 Å². The van der Waals surface area contributed by atoms with Crippen molar-refractivity contribution in [3.63, 3.8) is 0 Å². The third-order valence-corrected chi connectivity index (χ3v) is 6.47. The zero-order chi connectivity index (χ0) is 22.0. The first-order chi connectivity index (χ1) is 15.0. The number of nitrogens with zero attached hydrogens (tertiary/aromatic N) is 2. The third kappa shape index (κ3) is 4.90. The van der Waals surface area contributed by atoms with Crippen LogP contribution in [0, 0.1) is 0 Å². The van der Waals surface area contributed by atoms with Crippen LogP contribution in [0.5, 0.6) is 0 Å². The number of aromatic nitrogens is 2. The largest absolute Gasteiger partial charge is 0.346 e. The lowest BCUT2D eigenvalue weighted by atomic mass is 9.90. The average molecular weight is 478 g/mol. The maximum atomic E-state index is 13.1. The van der Waals surface area contributed by atoms with Gasteiger partial charge < -0.3 is 10.6 Å². The number of nitrogens with one attached hydrogen (secondary N) is 2. The van der Waals surface area contributed by atoms with E-state index in [0.717, 1.165) is 24.9 Å². The molecule has 31 heavy (non-hydrogen) atoms. The van der Waals surface area contributed by atoms with Gasteiger partial charge >= 0.3 is 0 Å². The summed E-state index contributed by atoms with van der Waals surface area (Å²) in [4.78, 5) is 17.8. The Morgan fingerprint density at radius 2 is 1.68 bits per heavy atom. The highest BCUT2D eigenvalue weighted by molar-refractivity contribution is 6.36. The Morgan fingerprint density at radius 1 is 1.00 bits per heavy atom. The number of likely N-dealkylation sites (N-methyl/N-ethyl adjacent to an activating group) is 1. The SMILES string of the molecule is CN[C@H]1CCCC[C@@H]1NC(=O)c1cn(-c2ccc(Cl)cc2)c(-c2ccc(Cl)cc2Cl)n1. The van der Waals surface area contributed by atoms with Crippen molar-refractivity contribution in [2.24, 2.45) is 0 Å². The summed E-state index contributed by atoms with van der Waals surface area (Å²) in [5, 5.41) is 8.10. The smallest absolute Gasteiger partial charge is 0.271 e. The first-order valence-electron chi connectivity index (χ1n) is 10.2. The number of carbonyl (C=O) groups excluding carboxylic acids is 1. The van der Waals surface area contributed by atoms with Crippen LogP contribution < -0.4 is 10.6 Å². The molecule has 2 aromatic carbocycles. The van der Waals surface area contributed by atoms with Gasteiger partial charge in [0.1, 0.15) is 11.5 Å². The Balaban J connectivity index is 1.72. The van der Waals surface area contributed by atoms with Gasteiger partial charge in [-0.1, -0.05) is 47.6 Å². The Kier molecular flexibility index (Phi) is 6.87. The summed E-state index contributed by atoms with van der Waals surface area (Å²) in [5.74, 6) is 0.356. The van der Waals surface area contributed by atoms with Crippen LogP contribution in [-0.4, -0.2) is 34.6 Å². The van der Waals surface area contributed by atoms with Gasteiger partial charge in [0, 0.05) is 39.6 Å². The molecule has 1 fully saturated rings. The number of hydrogen-bond donors (Lipinski definition) is 2. The summed E-state index contributed by atoms with van der Waals surface area (Å²) >= 11 is 18.6. The van der Waals surface area contributed by atoms with Crippen molar-refractivity contribution in [3.05, 3.63) is 69.4 Å². The Hall–Kier alpha value is -2.05. The molecule has 4 rings (SSSR count). The van der Waals surface area contributed by atoms with Crippen LogP contribution in [0.3, 0.4) is 0 Å². The predicted octanol–water partition coefficient (Wildman–Crippen LogP) is 5.76. The summed E-state index contributed by atoms with van der Waals surface area (Å²) < 4.78 is 1.84. The fraction of sp³-hybridized carbons (Fsp3) is 0.304. The van der Waals surface area contributed by atoms with Crippen molar-refractivity contribution in [2.75, 3.05) is 7.05 Å². The van der Waals surface area contributed by atoms with Gasteiger partial charge in [0.05, 0.1) is 5.02 Å². The van der Waals surface area contributed by atoms with E-state index in [1.54, 1.807) is 36.5 Å². The fourth-order valence-electron chi connectivity index (χ4n) is 4.04. The van der Waals surface area contributed by atoms with E-state index in [-0.39, 0.29) is 18.0 Å². The molecule has 1 saturated carbocycles. The minimum Gasteiger partial charge on any atom is -0.346 e.